The Morgan fingerprint density at radius 3 is 3.17 bits per heavy atom. The lowest BCUT2D eigenvalue weighted by molar-refractivity contribution is 0.581. The number of nitrogens with zero attached hydrogens (tertiary/aromatic N) is 3. The maximum absolute atomic E-state index is 4.12. The van der Waals surface area contributed by atoms with Gasteiger partial charge in [-0.25, -0.2) is 0 Å². The molecule has 1 aromatic heterocycles. The first kappa shape index (κ1) is 7.34. The second kappa shape index (κ2) is 2.97. The molecule has 1 aliphatic heterocycles. The van der Waals surface area contributed by atoms with Crippen LogP contribution < -0.4 is 5.32 Å². The molecular formula is C8H12N4. The molecule has 1 aliphatic rings. The van der Waals surface area contributed by atoms with Crippen molar-refractivity contribution >= 4 is 6.34 Å². The summed E-state index contributed by atoms with van der Waals surface area (Å²) in [6, 6.07) is 0.399. The van der Waals surface area contributed by atoms with E-state index in [1.807, 2.05) is 24.1 Å². The molecule has 4 heteroatoms. The Bertz CT molecular complexity index is 289. The smallest absolute Gasteiger partial charge is 0.0828 e. The molecule has 2 rings (SSSR count). The fraction of sp³-hybridized carbons (Fsp3) is 0.500. The van der Waals surface area contributed by atoms with Gasteiger partial charge in [-0.05, 0) is 6.42 Å². The Morgan fingerprint density at radius 2 is 2.58 bits per heavy atom. The third-order valence-electron chi connectivity index (χ3n) is 2.04. The molecule has 0 amide bonds. The molecule has 0 aliphatic carbocycles. The van der Waals surface area contributed by atoms with Crippen LogP contribution in [0.5, 0.6) is 0 Å². The highest BCUT2D eigenvalue weighted by molar-refractivity contribution is 5.56. The summed E-state index contributed by atoms with van der Waals surface area (Å²) < 4.78 is 1.82. The average molecular weight is 164 g/mol. The van der Waals surface area contributed by atoms with Gasteiger partial charge in [0.2, 0.25) is 0 Å². The molecule has 0 radical (unpaired) electrons. The quantitative estimate of drug-likeness (QED) is 0.656. The Balaban J connectivity index is 2.14. The van der Waals surface area contributed by atoms with Crippen LogP contribution in [-0.2, 0) is 7.05 Å². The van der Waals surface area contributed by atoms with Gasteiger partial charge in [0.05, 0.1) is 18.6 Å². The van der Waals surface area contributed by atoms with Crippen LogP contribution in [0.4, 0.5) is 0 Å². The molecular weight excluding hydrogens is 152 g/mol. The lowest BCUT2D eigenvalue weighted by Crippen LogP contribution is -2.24. The van der Waals surface area contributed by atoms with Gasteiger partial charge in [0.15, 0.2) is 0 Å². The van der Waals surface area contributed by atoms with Crippen LogP contribution in [0.1, 0.15) is 18.0 Å². The van der Waals surface area contributed by atoms with Crippen molar-refractivity contribution < 1.29 is 0 Å². The molecule has 0 spiro atoms. The molecule has 2 heterocycles. The summed E-state index contributed by atoms with van der Waals surface area (Å²) in [7, 11) is 1.93. The van der Waals surface area contributed by atoms with Crippen molar-refractivity contribution in [3.05, 3.63) is 18.0 Å². The van der Waals surface area contributed by atoms with E-state index < -0.39 is 0 Å². The lowest BCUT2D eigenvalue weighted by Gasteiger charge is -2.17. The van der Waals surface area contributed by atoms with Crippen molar-refractivity contribution in [1.82, 2.24) is 15.1 Å². The predicted molar refractivity (Wildman–Crippen MR) is 47.1 cm³/mol. The van der Waals surface area contributed by atoms with Crippen molar-refractivity contribution in [2.24, 2.45) is 12.0 Å². The number of aromatic nitrogens is 2. The highest BCUT2D eigenvalue weighted by Crippen LogP contribution is 2.16. The number of nitrogens with one attached hydrogen (secondary N) is 1. The maximum atomic E-state index is 4.12. The summed E-state index contributed by atoms with van der Waals surface area (Å²) in [5.74, 6) is 0. The van der Waals surface area contributed by atoms with E-state index in [4.69, 9.17) is 0 Å². The van der Waals surface area contributed by atoms with Gasteiger partial charge in [0.25, 0.3) is 0 Å². The fourth-order valence-electron chi connectivity index (χ4n) is 1.38. The monoisotopic (exact) mass is 164 g/mol. The van der Waals surface area contributed by atoms with Crippen LogP contribution in [0.2, 0.25) is 0 Å². The number of aryl methyl sites for hydroxylation is 1. The Morgan fingerprint density at radius 1 is 1.67 bits per heavy atom. The summed E-state index contributed by atoms with van der Waals surface area (Å²) in [5.41, 5.74) is 1.24. The van der Waals surface area contributed by atoms with E-state index in [-0.39, 0.29) is 0 Å². The van der Waals surface area contributed by atoms with Gasteiger partial charge >= 0.3 is 0 Å². The zero-order chi connectivity index (χ0) is 8.39. The SMILES string of the molecule is Cn1cc(C2CCN=CN2)cn1. The Hall–Kier alpha value is -1.32. The van der Waals surface area contributed by atoms with E-state index in [0.29, 0.717) is 6.04 Å². The summed E-state index contributed by atoms with van der Waals surface area (Å²) in [4.78, 5) is 4.10. The third kappa shape index (κ3) is 1.32. The molecule has 0 saturated carbocycles. The number of rotatable bonds is 1. The van der Waals surface area contributed by atoms with Crippen molar-refractivity contribution in [3.8, 4) is 0 Å². The van der Waals surface area contributed by atoms with Crippen LogP contribution >= 0.6 is 0 Å². The highest BCUT2D eigenvalue weighted by Gasteiger charge is 2.12. The summed E-state index contributed by atoms with van der Waals surface area (Å²) in [5, 5.41) is 7.33. The van der Waals surface area contributed by atoms with Crippen molar-refractivity contribution in [2.75, 3.05) is 6.54 Å². The minimum Gasteiger partial charge on any atom is -0.369 e. The molecule has 12 heavy (non-hydrogen) atoms. The van der Waals surface area contributed by atoms with Crippen LogP contribution in [-0.4, -0.2) is 22.7 Å². The molecule has 1 atom stereocenters. The lowest BCUT2D eigenvalue weighted by atomic mass is 10.1. The van der Waals surface area contributed by atoms with Gasteiger partial charge in [-0.1, -0.05) is 0 Å². The van der Waals surface area contributed by atoms with Crippen molar-refractivity contribution in [3.63, 3.8) is 0 Å². The second-order valence-corrected chi connectivity index (χ2v) is 2.99. The molecule has 0 saturated heterocycles. The van der Waals surface area contributed by atoms with Gasteiger partial charge in [-0.15, -0.1) is 0 Å². The van der Waals surface area contributed by atoms with Crippen LogP contribution in [0.25, 0.3) is 0 Å². The first-order chi connectivity index (χ1) is 5.86. The van der Waals surface area contributed by atoms with E-state index in [9.17, 15) is 0 Å². The molecule has 64 valence electrons. The number of hydrogen-bond acceptors (Lipinski definition) is 3. The minimum absolute atomic E-state index is 0.399. The first-order valence-corrected chi connectivity index (χ1v) is 4.09. The maximum Gasteiger partial charge on any atom is 0.0828 e. The standard InChI is InChI=1S/C8H12N4/c1-12-5-7(4-11-12)8-2-3-9-6-10-8/h4-6,8H,2-3H2,1H3,(H,9,10). The largest absolute Gasteiger partial charge is 0.369 e. The summed E-state index contributed by atoms with van der Waals surface area (Å²) in [6.45, 7) is 0.909. The topological polar surface area (TPSA) is 42.2 Å². The number of aliphatic imine (C=N–C) groups is 1. The van der Waals surface area contributed by atoms with E-state index >= 15 is 0 Å². The second-order valence-electron chi connectivity index (χ2n) is 2.99. The number of hydrogen-bond donors (Lipinski definition) is 1. The van der Waals surface area contributed by atoms with E-state index in [2.05, 4.69) is 15.4 Å². The van der Waals surface area contributed by atoms with Crippen molar-refractivity contribution in [2.45, 2.75) is 12.5 Å². The third-order valence-corrected chi connectivity index (χ3v) is 2.04. The van der Waals surface area contributed by atoms with Gasteiger partial charge in [-0.2, -0.15) is 5.10 Å². The Labute approximate surface area is 71.3 Å². The van der Waals surface area contributed by atoms with Crippen LogP contribution in [0, 0.1) is 0 Å². The molecule has 4 nitrogen and oxygen atoms in total. The van der Waals surface area contributed by atoms with Gasteiger partial charge in [0.1, 0.15) is 0 Å². The van der Waals surface area contributed by atoms with Crippen LogP contribution in [0.3, 0.4) is 0 Å². The van der Waals surface area contributed by atoms with Gasteiger partial charge < -0.3 is 5.32 Å². The fourth-order valence-corrected chi connectivity index (χ4v) is 1.38. The normalized spacial score (nSPS) is 22.2. The van der Waals surface area contributed by atoms with Gasteiger partial charge in [-0.3, -0.25) is 9.67 Å². The summed E-state index contributed by atoms with van der Waals surface area (Å²) in [6.07, 6.45) is 6.77. The molecule has 1 unspecified atom stereocenters. The molecule has 1 aromatic rings. The summed E-state index contributed by atoms with van der Waals surface area (Å²) >= 11 is 0. The minimum atomic E-state index is 0.399. The average Bonchev–Trinajstić information content (AvgIpc) is 2.54. The van der Waals surface area contributed by atoms with E-state index in [1.54, 1.807) is 6.34 Å². The highest BCUT2D eigenvalue weighted by atomic mass is 15.2. The first-order valence-electron chi connectivity index (χ1n) is 4.09. The van der Waals surface area contributed by atoms with E-state index in [0.717, 1.165) is 13.0 Å². The molecule has 0 fully saturated rings. The Kier molecular flexibility index (Phi) is 1.81. The van der Waals surface area contributed by atoms with Gasteiger partial charge in [0, 0.05) is 25.4 Å². The molecule has 0 bridgehead atoms. The van der Waals surface area contributed by atoms with Crippen molar-refractivity contribution in [1.29, 1.82) is 0 Å². The molecule has 0 aromatic carbocycles. The predicted octanol–water partition coefficient (Wildman–Crippen LogP) is 0.483. The van der Waals surface area contributed by atoms with Crippen LogP contribution in [0.15, 0.2) is 17.4 Å². The zero-order valence-electron chi connectivity index (χ0n) is 7.07. The van der Waals surface area contributed by atoms with E-state index in [1.165, 1.54) is 5.56 Å². The molecule has 1 N–H and O–H groups in total. The zero-order valence-corrected chi connectivity index (χ0v) is 7.07.